The van der Waals surface area contributed by atoms with Crippen molar-refractivity contribution in [2.75, 3.05) is 44.4 Å². The number of fused-ring (bicyclic) bond motifs is 1. The molecule has 124 valence electrons. The van der Waals surface area contributed by atoms with E-state index in [0.717, 1.165) is 41.8 Å². The van der Waals surface area contributed by atoms with Crippen molar-refractivity contribution >= 4 is 28.3 Å². The van der Waals surface area contributed by atoms with E-state index >= 15 is 0 Å². The number of pyridine rings is 1. The molecule has 1 aromatic heterocycles. The predicted molar refractivity (Wildman–Crippen MR) is 97.1 cm³/mol. The van der Waals surface area contributed by atoms with E-state index in [1.54, 1.807) is 0 Å². The summed E-state index contributed by atoms with van der Waals surface area (Å²) in [4.78, 5) is 20.9. The van der Waals surface area contributed by atoms with Gasteiger partial charge < -0.3 is 10.2 Å². The van der Waals surface area contributed by atoms with Gasteiger partial charge in [-0.1, -0.05) is 31.5 Å². The zero-order valence-electron chi connectivity index (χ0n) is 14.5. The molecular formula is C18H26N4O. The Morgan fingerprint density at radius 3 is 2.65 bits per heavy atom. The third-order valence-electron chi connectivity index (χ3n) is 3.74. The van der Waals surface area contributed by atoms with Crippen molar-refractivity contribution in [3.05, 3.63) is 30.3 Å². The molecule has 0 bridgehead atoms. The average Bonchev–Trinajstić information content (AvgIpc) is 2.52. The van der Waals surface area contributed by atoms with Crippen molar-refractivity contribution in [3.8, 4) is 0 Å². The molecule has 2 aromatic rings. The summed E-state index contributed by atoms with van der Waals surface area (Å²) < 4.78 is 0. The highest BCUT2D eigenvalue weighted by Gasteiger charge is 2.11. The Bertz CT molecular complexity index is 669. The lowest BCUT2D eigenvalue weighted by Gasteiger charge is -2.18. The summed E-state index contributed by atoms with van der Waals surface area (Å²) in [5.74, 6) is 0.836. The zero-order chi connectivity index (χ0) is 16.8. The highest BCUT2D eigenvalue weighted by atomic mass is 16.2. The van der Waals surface area contributed by atoms with E-state index in [2.05, 4.69) is 22.1 Å². The highest BCUT2D eigenvalue weighted by molar-refractivity contribution is 6.02. The second kappa shape index (κ2) is 7.92. The van der Waals surface area contributed by atoms with Crippen LogP contribution in [-0.4, -0.2) is 50.0 Å². The molecule has 23 heavy (non-hydrogen) atoms. The van der Waals surface area contributed by atoms with Crippen molar-refractivity contribution in [1.82, 2.24) is 9.88 Å². The number of nitrogens with one attached hydrogen (secondary N) is 1. The van der Waals surface area contributed by atoms with Crippen LogP contribution in [0, 0.1) is 0 Å². The summed E-state index contributed by atoms with van der Waals surface area (Å²) in [6, 6.07) is 9.79. The lowest BCUT2D eigenvalue weighted by molar-refractivity contribution is -0.117. The van der Waals surface area contributed by atoms with Gasteiger partial charge in [-0.15, -0.1) is 0 Å². The molecule has 0 unspecified atom stereocenters. The lowest BCUT2D eigenvalue weighted by Crippen LogP contribution is -2.31. The number of aromatic nitrogens is 1. The fourth-order valence-corrected chi connectivity index (χ4v) is 2.44. The monoisotopic (exact) mass is 314 g/mol. The van der Waals surface area contributed by atoms with Crippen LogP contribution in [0.2, 0.25) is 0 Å². The number of benzene rings is 1. The summed E-state index contributed by atoms with van der Waals surface area (Å²) in [7, 11) is 5.87. The molecule has 1 heterocycles. The molecule has 0 aliphatic carbocycles. The van der Waals surface area contributed by atoms with Gasteiger partial charge in [0.05, 0.1) is 17.7 Å². The molecular weight excluding hydrogens is 288 g/mol. The van der Waals surface area contributed by atoms with Crippen LogP contribution in [-0.2, 0) is 4.79 Å². The maximum atomic E-state index is 12.3. The van der Waals surface area contributed by atoms with Crippen molar-refractivity contribution in [2.24, 2.45) is 0 Å². The maximum Gasteiger partial charge on any atom is 0.238 e. The molecule has 0 fully saturated rings. The van der Waals surface area contributed by atoms with E-state index in [1.807, 2.05) is 56.4 Å². The fraction of sp³-hybridized carbons (Fsp3) is 0.444. The zero-order valence-corrected chi connectivity index (χ0v) is 14.5. The Morgan fingerprint density at radius 1 is 1.22 bits per heavy atom. The third-order valence-corrected chi connectivity index (χ3v) is 3.74. The number of rotatable bonds is 7. The summed E-state index contributed by atoms with van der Waals surface area (Å²) in [6.07, 6.45) is 2.24. The SMILES string of the molecule is CCCCN(C)CC(=O)Nc1cc(N(C)C)nc2ccccc12. The van der Waals surface area contributed by atoms with Gasteiger partial charge in [-0.25, -0.2) is 4.98 Å². The predicted octanol–water partition coefficient (Wildman–Crippen LogP) is 2.97. The Kier molecular flexibility index (Phi) is 5.93. The number of nitrogens with zero attached hydrogens (tertiary/aromatic N) is 3. The number of para-hydroxylation sites is 1. The van der Waals surface area contributed by atoms with E-state index in [0.29, 0.717) is 6.54 Å². The number of unbranched alkanes of at least 4 members (excludes halogenated alkanes) is 1. The van der Waals surface area contributed by atoms with Gasteiger partial charge in [0.15, 0.2) is 0 Å². The molecule has 5 nitrogen and oxygen atoms in total. The first kappa shape index (κ1) is 17.2. The van der Waals surface area contributed by atoms with Crippen LogP contribution in [0.3, 0.4) is 0 Å². The smallest absolute Gasteiger partial charge is 0.238 e. The topological polar surface area (TPSA) is 48.5 Å². The normalized spacial score (nSPS) is 11.0. The minimum Gasteiger partial charge on any atom is -0.363 e. The molecule has 0 aliphatic rings. The van der Waals surface area contributed by atoms with Crippen molar-refractivity contribution in [3.63, 3.8) is 0 Å². The molecule has 1 N–H and O–H groups in total. The van der Waals surface area contributed by atoms with Gasteiger partial charge in [0, 0.05) is 25.5 Å². The minimum atomic E-state index is 0.00432. The molecule has 0 radical (unpaired) electrons. The minimum absolute atomic E-state index is 0.00432. The average molecular weight is 314 g/mol. The molecule has 2 rings (SSSR count). The van der Waals surface area contributed by atoms with E-state index < -0.39 is 0 Å². The van der Waals surface area contributed by atoms with Crippen LogP contribution in [0.15, 0.2) is 30.3 Å². The first-order valence-corrected chi connectivity index (χ1v) is 8.06. The van der Waals surface area contributed by atoms with Gasteiger partial charge in [-0.3, -0.25) is 9.69 Å². The lowest BCUT2D eigenvalue weighted by atomic mass is 10.1. The largest absolute Gasteiger partial charge is 0.363 e. The number of hydrogen-bond donors (Lipinski definition) is 1. The molecule has 5 heteroatoms. The van der Waals surface area contributed by atoms with E-state index in [-0.39, 0.29) is 5.91 Å². The number of carbonyl (C=O) groups excluding carboxylic acids is 1. The number of amides is 1. The van der Waals surface area contributed by atoms with Crippen LogP contribution in [0.25, 0.3) is 10.9 Å². The molecule has 0 spiro atoms. The summed E-state index contributed by atoms with van der Waals surface area (Å²) in [6.45, 7) is 3.48. The van der Waals surface area contributed by atoms with Crippen LogP contribution < -0.4 is 10.2 Å². The summed E-state index contributed by atoms with van der Waals surface area (Å²) in [5.41, 5.74) is 1.70. The van der Waals surface area contributed by atoms with E-state index in [9.17, 15) is 4.79 Å². The Hall–Kier alpha value is -2.14. The number of carbonyl (C=O) groups is 1. The molecule has 0 atom stereocenters. The fourth-order valence-electron chi connectivity index (χ4n) is 2.44. The first-order chi connectivity index (χ1) is 11.0. The standard InChI is InChI=1S/C18H26N4O/c1-5-6-11-22(4)13-18(23)20-16-12-17(21(2)3)19-15-10-8-7-9-14(15)16/h7-10,12H,5-6,11,13H2,1-4H3,(H,19,20,23). The molecule has 1 aromatic carbocycles. The van der Waals surface area contributed by atoms with Gasteiger partial charge in [-0.05, 0) is 26.1 Å². The van der Waals surface area contributed by atoms with E-state index in [4.69, 9.17) is 0 Å². The first-order valence-electron chi connectivity index (χ1n) is 8.06. The molecule has 1 amide bonds. The summed E-state index contributed by atoms with van der Waals surface area (Å²) in [5, 5.41) is 4.00. The highest BCUT2D eigenvalue weighted by Crippen LogP contribution is 2.26. The van der Waals surface area contributed by atoms with Gasteiger partial charge >= 0.3 is 0 Å². The molecule has 0 saturated carbocycles. The van der Waals surface area contributed by atoms with Crippen molar-refractivity contribution in [1.29, 1.82) is 0 Å². The van der Waals surface area contributed by atoms with Crippen molar-refractivity contribution in [2.45, 2.75) is 19.8 Å². The number of anilines is 2. The molecule has 0 aliphatic heterocycles. The van der Waals surface area contributed by atoms with Crippen LogP contribution in [0.5, 0.6) is 0 Å². The second-order valence-electron chi connectivity index (χ2n) is 6.08. The molecule has 0 saturated heterocycles. The van der Waals surface area contributed by atoms with Crippen LogP contribution in [0.4, 0.5) is 11.5 Å². The van der Waals surface area contributed by atoms with Crippen LogP contribution >= 0.6 is 0 Å². The van der Waals surface area contributed by atoms with Crippen LogP contribution in [0.1, 0.15) is 19.8 Å². The Labute approximate surface area is 138 Å². The second-order valence-corrected chi connectivity index (χ2v) is 6.08. The third kappa shape index (κ3) is 4.66. The number of hydrogen-bond acceptors (Lipinski definition) is 4. The number of likely N-dealkylation sites (N-methyl/N-ethyl adjacent to an activating group) is 1. The summed E-state index contributed by atoms with van der Waals surface area (Å²) >= 11 is 0. The van der Waals surface area contributed by atoms with E-state index in [1.165, 1.54) is 0 Å². The van der Waals surface area contributed by atoms with Gasteiger partial charge in [0.1, 0.15) is 5.82 Å². The Morgan fingerprint density at radius 2 is 1.96 bits per heavy atom. The maximum absolute atomic E-state index is 12.3. The van der Waals surface area contributed by atoms with Gasteiger partial charge in [0.2, 0.25) is 5.91 Å². The van der Waals surface area contributed by atoms with Crippen molar-refractivity contribution < 1.29 is 4.79 Å². The quantitative estimate of drug-likeness (QED) is 0.853. The van der Waals surface area contributed by atoms with Gasteiger partial charge in [-0.2, -0.15) is 0 Å². The van der Waals surface area contributed by atoms with Gasteiger partial charge in [0.25, 0.3) is 0 Å². The Balaban J connectivity index is 2.19.